The summed E-state index contributed by atoms with van der Waals surface area (Å²) in [5.41, 5.74) is 1.20. The van der Waals surface area contributed by atoms with Crippen LogP contribution in [0, 0.1) is 5.41 Å². The lowest BCUT2D eigenvalue weighted by Crippen LogP contribution is -2.50. The molecule has 0 spiro atoms. The van der Waals surface area contributed by atoms with Crippen LogP contribution in [0.15, 0.2) is 29.3 Å². The predicted molar refractivity (Wildman–Crippen MR) is 128 cm³/mol. The molecule has 3 rings (SSSR count). The highest BCUT2D eigenvalue weighted by molar-refractivity contribution is 14.0. The second-order valence-corrected chi connectivity index (χ2v) is 8.39. The summed E-state index contributed by atoms with van der Waals surface area (Å²) >= 11 is 6.26. The molecule has 1 unspecified atom stereocenters. The third-order valence-electron chi connectivity index (χ3n) is 6.16. The topological polar surface area (TPSA) is 75.1 Å². The van der Waals surface area contributed by atoms with Crippen molar-refractivity contribution >= 4 is 41.5 Å². The number of halogens is 2. The lowest BCUT2D eigenvalue weighted by Gasteiger charge is -2.38. The van der Waals surface area contributed by atoms with Crippen LogP contribution in [0.1, 0.15) is 31.2 Å². The van der Waals surface area contributed by atoms with Crippen LogP contribution < -0.4 is 10.6 Å². The minimum Gasteiger partial charge on any atom is -0.396 e. The fourth-order valence-corrected chi connectivity index (χ4v) is 4.39. The van der Waals surface area contributed by atoms with Crippen molar-refractivity contribution in [2.75, 3.05) is 53.2 Å². The first-order valence-corrected chi connectivity index (χ1v) is 10.5. The smallest absolute Gasteiger partial charge is 0.191 e. The maximum Gasteiger partial charge on any atom is 0.191 e. The Bertz CT molecular complexity index is 662. The first kappa shape index (κ1) is 24.7. The number of aliphatic hydroxyl groups is 1. The SMILES string of the molecule is CN=C(NCC1(CCO)CCOC1)NCC1(c2cccc(Cl)c2)CCOCC1.I. The number of guanidine groups is 1. The van der Waals surface area contributed by atoms with E-state index in [9.17, 15) is 5.11 Å². The van der Waals surface area contributed by atoms with Gasteiger partial charge in [0.15, 0.2) is 5.96 Å². The Kier molecular flexibility index (Phi) is 9.94. The quantitative estimate of drug-likeness (QED) is 0.283. The van der Waals surface area contributed by atoms with Gasteiger partial charge in [-0.2, -0.15) is 0 Å². The molecule has 2 heterocycles. The Hall–Kier alpha value is -0.610. The van der Waals surface area contributed by atoms with Crippen LogP contribution in [0.3, 0.4) is 0 Å². The molecular formula is C21H33ClIN3O3. The van der Waals surface area contributed by atoms with E-state index in [0.29, 0.717) is 6.61 Å². The minimum atomic E-state index is -0.0278. The van der Waals surface area contributed by atoms with E-state index in [1.165, 1.54) is 5.56 Å². The number of hydrogen-bond donors (Lipinski definition) is 3. The summed E-state index contributed by atoms with van der Waals surface area (Å²) in [5.74, 6) is 0.775. The molecule has 6 nitrogen and oxygen atoms in total. The number of aliphatic imine (C=N–C) groups is 1. The van der Waals surface area contributed by atoms with Crippen molar-refractivity contribution in [2.45, 2.75) is 31.1 Å². The standard InChI is InChI=1S/C21H32ClN3O3.HI/c1-23-19(24-14-20(5-9-26)6-10-28-16-20)25-15-21(7-11-27-12-8-21)17-3-2-4-18(22)13-17;/h2-4,13,26H,5-12,14-16H2,1H3,(H2,23,24,25);1H. The molecule has 0 aliphatic carbocycles. The number of rotatable bonds is 7. The summed E-state index contributed by atoms with van der Waals surface area (Å²) in [6.07, 6.45) is 3.58. The average Bonchev–Trinajstić information content (AvgIpc) is 3.18. The zero-order valence-electron chi connectivity index (χ0n) is 17.1. The molecule has 2 fully saturated rings. The van der Waals surface area contributed by atoms with Gasteiger partial charge in [-0.3, -0.25) is 4.99 Å². The second-order valence-electron chi connectivity index (χ2n) is 7.96. The van der Waals surface area contributed by atoms with Gasteiger partial charge in [-0.1, -0.05) is 23.7 Å². The van der Waals surface area contributed by atoms with E-state index in [2.05, 4.69) is 27.8 Å². The van der Waals surface area contributed by atoms with Gasteiger partial charge in [-0.05, 0) is 43.4 Å². The van der Waals surface area contributed by atoms with Gasteiger partial charge in [0, 0.05) is 62.4 Å². The maximum absolute atomic E-state index is 9.42. The highest BCUT2D eigenvalue weighted by Crippen LogP contribution is 2.35. The lowest BCUT2D eigenvalue weighted by atomic mass is 9.74. The molecule has 0 radical (unpaired) electrons. The molecule has 0 saturated carbocycles. The second kappa shape index (κ2) is 11.7. The highest BCUT2D eigenvalue weighted by Gasteiger charge is 2.36. The lowest BCUT2D eigenvalue weighted by molar-refractivity contribution is 0.0513. The Balaban J connectivity index is 0.00000300. The average molecular weight is 538 g/mol. The van der Waals surface area contributed by atoms with Crippen molar-refractivity contribution in [3.8, 4) is 0 Å². The Morgan fingerprint density at radius 2 is 1.86 bits per heavy atom. The number of nitrogens with one attached hydrogen (secondary N) is 2. The van der Waals surface area contributed by atoms with Crippen LogP contribution in [0.4, 0.5) is 0 Å². The molecular weight excluding hydrogens is 505 g/mol. The first-order chi connectivity index (χ1) is 13.6. The number of ether oxygens (including phenoxy) is 2. The first-order valence-electron chi connectivity index (χ1n) is 10.1. The van der Waals surface area contributed by atoms with Crippen molar-refractivity contribution in [3.63, 3.8) is 0 Å². The minimum absolute atomic E-state index is 0. The number of aliphatic hydroxyl groups excluding tert-OH is 1. The van der Waals surface area contributed by atoms with Gasteiger partial charge in [0.25, 0.3) is 0 Å². The van der Waals surface area contributed by atoms with Crippen LogP contribution in [0.2, 0.25) is 5.02 Å². The molecule has 2 aliphatic rings. The number of hydrogen-bond acceptors (Lipinski definition) is 4. The third-order valence-corrected chi connectivity index (χ3v) is 6.40. The van der Waals surface area contributed by atoms with Crippen LogP contribution in [-0.4, -0.2) is 64.2 Å². The van der Waals surface area contributed by atoms with Gasteiger partial charge in [0.2, 0.25) is 0 Å². The normalized spacial score (nSPS) is 24.0. The van der Waals surface area contributed by atoms with Crippen LogP contribution in [0.5, 0.6) is 0 Å². The van der Waals surface area contributed by atoms with Gasteiger partial charge in [-0.15, -0.1) is 24.0 Å². The Labute approximate surface area is 195 Å². The Morgan fingerprint density at radius 1 is 1.14 bits per heavy atom. The summed E-state index contributed by atoms with van der Waals surface area (Å²) in [4.78, 5) is 4.40. The van der Waals surface area contributed by atoms with Crippen molar-refractivity contribution in [2.24, 2.45) is 10.4 Å². The molecule has 0 amide bonds. The van der Waals surface area contributed by atoms with Crippen LogP contribution >= 0.6 is 35.6 Å². The van der Waals surface area contributed by atoms with E-state index in [0.717, 1.165) is 69.6 Å². The molecule has 8 heteroatoms. The molecule has 2 saturated heterocycles. The molecule has 29 heavy (non-hydrogen) atoms. The fourth-order valence-electron chi connectivity index (χ4n) is 4.20. The van der Waals surface area contributed by atoms with Gasteiger partial charge < -0.3 is 25.2 Å². The molecule has 164 valence electrons. The molecule has 0 aromatic heterocycles. The molecule has 3 N–H and O–H groups in total. The van der Waals surface area contributed by atoms with Crippen molar-refractivity contribution < 1.29 is 14.6 Å². The van der Waals surface area contributed by atoms with E-state index in [1.807, 2.05) is 12.1 Å². The van der Waals surface area contributed by atoms with Crippen molar-refractivity contribution in [3.05, 3.63) is 34.9 Å². The summed E-state index contributed by atoms with van der Waals surface area (Å²) in [6.45, 7) is 4.61. The largest absolute Gasteiger partial charge is 0.396 e. The fraction of sp³-hybridized carbons (Fsp3) is 0.667. The van der Waals surface area contributed by atoms with E-state index in [4.69, 9.17) is 21.1 Å². The van der Waals surface area contributed by atoms with Crippen LogP contribution in [-0.2, 0) is 14.9 Å². The molecule has 1 aromatic rings. The highest BCUT2D eigenvalue weighted by atomic mass is 127. The summed E-state index contributed by atoms with van der Waals surface area (Å²) < 4.78 is 11.2. The van der Waals surface area contributed by atoms with Gasteiger partial charge >= 0.3 is 0 Å². The molecule has 2 aliphatic heterocycles. The predicted octanol–water partition coefficient (Wildman–Crippen LogP) is 2.96. The molecule has 1 aromatic carbocycles. The van der Waals surface area contributed by atoms with E-state index in [-0.39, 0.29) is 41.4 Å². The molecule has 0 bridgehead atoms. The molecule has 1 atom stereocenters. The number of benzene rings is 1. The summed E-state index contributed by atoms with van der Waals surface area (Å²) in [6, 6.07) is 8.15. The van der Waals surface area contributed by atoms with Crippen molar-refractivity contribution in [1.82, 2.24) is 10.6 Å². The monoisotopic (exact) mass is 537 g/mol. The maximum atomic E-state index is 9.42. The summed E-state index contributed by atoms with van der Waals surface area (Å²) in [5, 5.41) is 17.1. The Morgan fingerprint density at radius 3 is 2.48 bits per heavy atom. The zero-order chi connectivity index (χ0) is 19.9. The summed E-state index contributed by atoms with van der Waals surface area (Å²) in [7, 11) is 1.79. The van der Waals surface area contributed by atoms with Crippen LogP contribution in [0.25, 0.3) is 0 Å². The zero-order valence-corrected chi connectivity index (χ0v) is 20.2. The van der Waals surface area contributed by atoms with E-state index in [1.54, 1.807) is 7.05 Å². The van der Waals surface area contributed by atoms with Gasteiger partial charge in [0.05, 0.1) is 6.61 Å². The van der Waals surface area contributed by atoms with E-state index >= 15 is 0 Å². The van der Waals surface area contributed by atoms with Crippen molar-refractivity contribution in [1.29, 1.82) is 0 Å². The van der Waals surface area contributed by atoms with Gasteiger partial charge in [-0.25, -0.2) is 0 Å². The number of nitrogens with zero attached hydrogens (tertiary/aromatic N) is 1. The van der Waals surface area contributed by atoms with E-state index < -0.39 is 0 Å². The third kappa shape index (κ3) is 6.43. The van der Waals surface area contributed by atoms with Gasteiger partial charge in [0.1, 0.15) is 0 Å².